The van der Waals surface area contributed by atoms with Crippen molar-refractivity contribution < 1.29 is 5.11 Å². The maximum atomic E-state index is 9.19. The van der Waals surface area contributed by atoms with Crippen LogP contribution in [0.1, 0.15) is 0 Å². The first kappa shape index (κ1) is 7.55. The Morgan fingerprint density at radius 3 is 2.92 bits per heavy atom. The highest BCUT2D eigenvalue weighted by Gasteiger charge is 1.99. The largest absolute Gasteiger partial charge is 0.508 e. The maximum Gasteiger partial charge on any atom is 0.116 e. The highest BCUT2D eigenvalue weighted by Crippen LogP contribution is 2.24. The van der Waals surface area contributed by atoms with Crippen LogP contribution in [0.4, 0.5) is 0 Å². The average Bonchev–Trinajstić information content (AvgIpc) is 2.46. The number of aromatic hydroxyl groups is 1. The predicted octanol–water partition coefficient (Wildman–Crippen LogP) is 2.60. The van der Waals surface area contributed by atoms with Crippen LogP contribution < -0.4 is 0 Å². The van der Waals surface area contributed by atoms with E-state index in [-0.39, 0.29) is 0 Å². The number of phenols is 1. The summed E-state index contributed by atoms with van der Waals surface area (Å²) in [7, 11) is 0. The van der Waals surface area contributed by atoms with Crippen molar-refractivity contribution in [2.75, 3.05) is 6.26 Å². The van der Waals surface area contributed by atoms with E-state index in [2.05, 4.69) is 4.98 Å². The van der Waals surface area contributed by atoms with Gasteiger partial charge >= 0.3 is 0 Å². The molecule has 2 nitrogen and oxygen atoms in total. The summed E-state index contributed by atoms with van der Waals surface area (Å²) in [5.41, 5.74) is 1.07. The Bertz CT molecular complexity index is 408. The van der Waals surface area contributed by atoms with E-state index in [0.29, 0.717) is 5.75 Å². The second-order valence-electron chi connectivity index (χ2n) is 2.61. The van der Waals surface area contributed by atoms with E-state index in [1.807, 2.05) is 18.4 Å². The fraction of sp³-hybridized carbons (Fsp3) is 0.111. The summed E-state index contributed by atoms with van der Waals surface area (Å²) in [5.74, 6) is 0.314. The Kier molecular flexibility index (Phi) is 1.73. The molecule has 2 rings (SSSR count). The zero-order valence-electron chi connectivity index (χ0n) is 6.66. The monoisotopic (exact) mass is 179 g/mol. The lowest BCUT2D eigenvalue weighted by molar-refractivity contribution is 0.476. The normalized spacial score (nSPS) is 10.8. The molecular formula is C9H9NOS. The number of phenolic OH excluding ortho intramolecular Hbond substituents is 1. The molecule has 0 aliphatic rings. The van der Waals surface area contributed by atoms with E-state index >= 15 is 0 Å². The van der Waals surface area contributed by atoms with Gasteiger partial charge in [0.2, 0.25) is 0 Å². The molecule has 0 bridgehead atoms. The summed E-state index contributed by atoms with van der Waals surface area (Å²) in [6.45, 7) is 0. The van der Waals surface area contributed by atoms with Gasteiger partial charge in [-0.25, -0.2) is 0 Å². The molecule has 0 amide bonds. The molecule has 0 unspecified atom stereocenters. The quantitative estimate of drug-likeness (QED) is 0.660. The molecule has 0 saturated carbocycles. The van der Waals surface area contributed by atoms with Gasteiger partial charge in [0.25, 0.3) is 0 Å². The van der Waals surface area contributed by atoms with Gasteiger partial charge < -0.3 is 10.1 Å². The van der Waals surface area contributed by atoms with Crippen LogP contribution in [0.2, 0.25) is 0 Å². The lowest BCUT2D eigenvalue weighted by Gasteiger charge is -1.89. The molecule has 0 spiro atoms. The first-order valence-corrected chi connectivity index (χ1v) is 4.88. The fourth-order valence-corrected chi connectivity index (χ4v) is 1.66. The maximum absolute atomic E-state index is 9.19. The molecule has 62 valence electrons. The Balaban J connectivity index is 2.67. The molecular weight excluding hydrogens is 170 g/mol. The number of fused-ring (bicyclic) bond motifs is 1. The van der Waals surface area contributed by atoms with Crippen molar-refractivity contribution in [1.29, 1.82) is 0 Å². The number of aromatic nitrogens is 1. The number of rotatable bonds is 1. The highest BCUT2D eigenvalue weighted by molar-refractivity contribution is 7.98. The van der Waals surface area contributed by atoms with Crippen LogP contribution >= 0.6 is 11.8 Å². The van der Waals surface area contributed by atoms with Crippen LogP contribution in [-0.2, 0) is 0 Å². The third-order valence-corrected chi connectivity index (χ3v) is 2.46. The third-order valence-electron chi connectivity index (χ3n) is 1.80. The van der Waals surface area contributed by atoms with E-state index in [4.69, 9.17) is 0 Å². The average molecular weight is 179 g/mol. The molecule has 1 aromatic heterocycles. The molecule has 0 aliphatic carbocycles. The van der Waals surface area contributed by atoms with Crippen molar-refractivity contribution in [2.24, 2.45) is 0 Å². The van der Waals surface area contributed by atoms with Crippen molar-refractivity contribution in [2.45, 2.75) is 5.03 Å². The first-order chi connectivity index (χ1) is 5.79. The SMILES string of the molecule is CSc1cc2cc(O)ccc2[nH]1. The van der Waals surface area contributed by atoms with Crippen LogP contribution in [0.5, 0.6) is 5.75 Å². The number of benzene rings is 1. The molecule has 0 fully saturated rings. The van der Waals surface area contributed by atoms with Crippen LogP contribution in [0.15, 0.2) is 29.3 Å². The zero-order valence-corrected chi connectivity index (χ0v) is 7.48. The minimum Gasteiger partial charge on any atom is -0.508 e. The Labute approximate surface area is 74.6 Å². The summed E-state index contributed by atoms with van der Waals surface area (Å²) >= 11 is 1.66. The van der Waals surface area contributed by atoms with Crippen LogP contribution in [0, 0.1) is 0 Å². The van der Waals surface area contributed by atoms with E-state index in [0.717, 1.165) is 15.9 Å². The van der Waals surface area contributed by atoms with Gasteiger partial charge in [-0.2, -0.15) is 0 Å². The zero-order chi connectivity index (χ0) is 8.55. The molecule has 0 atom stereocenters. The van der Waals surface area contributed by atoms with Crippen molar-refractivity contribution in [3.8, 4) is 5.75 Å². The van der Waals surface area contributed by atoms with Gasteiger partial charge in [0.15, 0.2) is 0 Å². The second-order valence-corrected chi connectivity index (χ2v) is 3.46. The van der Waals surface area contributed by atoms with Crippen molar-refractivity contribution in [3.05, 3.63) is 24.3 Å². The van der Waals surface area contributed by atoms with Gasteiger partial charge in [0.05, 0.1) is 5.03 Å². The highest BCUT2D eigenvalue weighted by atomic mass is 32.2. The smallest absolute Gasteiger partial charge is 0.116 e. The van der Waals surface area contributed by atoms with E-state index < -0.39 is 0 Å². The Morgan fingerprint density at radius 2 is 2.17 bits per heavy atom. The number of nitrogens with one attached hydrogen (secondary N) is 1. The summed E-state index contributed by atoms with van der Waals surface area (Å²) < 4.78 is 0. The first-order valence-electron chi connectivity index (χ1n) is 3.65. The van der Waals surface area contributed by atoms with Gasteiger partial charge in [0.1, 0.15) is 5.75 Å². The van der Waals surface area contributed by atoms with Gasteiger partial charge in [-0.05, 0) is 30.5 Å². The topological polar surface area (TPSA) is 36.0 Å². The minimum atomic E-state index is 0.314. The van der Waals surface area contributed by atoms with E-state index in [1.54, 1.807) is 23.9 Å². The molecule has 0 saturated heterocycles. The number of aromatic amines is 1. The lowest BCUT2D eigenvalue weighted by Crippen LogP contribution is -1.67. The number of hydrogen-bond acceptors (Lipinski definition) is 2. The number of H-pyrrole nitrogens is 1. The summed E-state index contributed by atoms with van der Waals surface area (Å²) in [5, 5.41) is 11.4. The predicted molar refractivity (Wildman–Crippen MR) is 51.7 cm³/mol. The molecule has 0 radical (unpaired) electrons. The van der Waals surface area contributed by atoms with Crippen molar-refractivity contribution in [3.63, 3.8) is 0 Å². The molecule has 0 aliphatic heterocycles. The van der Waals surface area contributed by atoms with E-state index in [1.165, 1.54) is 0 Å². The summed E-state index contributed by atoms with van der Waals surface area (Å²) in [4.78, 5) is 3.22. The standard InChI is InChI=1S/C9H9NOS/c1-12-9-5-6-4-7(11)2-3-8(6)10-9/h2-5,10-11H,1H3. The molecule has 1 aromatic carbocycles. The third kappa shape index (κ3) is 1.16. The molecule has 3 heteroatoms. The van der Waals surface area contributed by atoms with Crippen molar-refractivity contribution >= 4 is 22.7 Å². The van der Waals surface area contributed by atoms with Crippen molar-refractivity contribution in [1.82, 2.24) is 4.98 Å². The molecule has 2 aromatic rings. The summed E-state index contributed by atoms with van der Waals surface area (Å²) in [6, 6.07) is 7.35. The second kappa shape index (κ2) is 2.75. The van der Waals surface area contributed by atoms with Gasteiger partial charge in [-0.15, -0.1) is 11.8 Å². The minimum absolute atomic E-state index is 0.314. The molecule has 1 heterocycles. The van der Waals surface area contributed by atoms with Crippen LogP contribution in [-0.4, -0.2) is 16.3 Å². The van der Waals surface area contributed by atoms with Gasteiger partial charge in [0, 0.05) is 10.9 Å². The van der Waals surface area contributed by atoms with Gasteiger partial charge in [-0.1, -0.05) is 0 Å². The Morgan fingerprint density at radius 1 is 1.33 bits per heavy atom. The number of thioether (sulfide) groups is 1. The van der Waals surface area contributed by atoms with Crippen LogP contribution in [0.25, 0.3) is 10.9 Å². The molecule has 2 N–H and O–H groups in total. The van der Waals surface area contributed by atoms with E-state index in [9.17, 15) is 5.11 Å². The Hall–Kier alpha value is -1.09. The fourth-order valence-electron chi connectivity index (χ4n) is 1.20. The lowest BCUT2D eigenvalue weighted by atomic mass is 10.2. The molecule has 12 heavy (non-hydrogen) atoms. The van der Waals surface area contributed by atoms with Crippen LogP contribution in [0.3, 0.4) is 0 Å². The van der Waals surface area contributed by atoms with Gasteiger partial charge in [-0.3, -0.25) is 0 Å². The number of hydrogen-bond donors (Lipinski definition) is 2. The summed E-state index contributed by atoms with van der Waals surface area (Å²) in [6.07, 6.45) is 2.02.